The van der Waals surface area contributed by atoms with E-state index >= 15 is 0 Å². The molecule has 2 aliphatic heterocycles. The SMILES string of the molecule is COc1cc2c(cc1OCc1ccccc1)NC(OC)C1CCCN1C2=O. The van der Waals surface area contributed by atoms with E-state index < -0.39 is 0 Å². The zero-order valence-electron chi connectivity index (χ0n) is 15.6. The Hall–Kier alpha value is -2.73. The number of nitrogens with one attached hydrogen (secondary N) is 1. The Morgan fingerprint density at radius 1 is 1.15 bits per heavy atom. The molecule has 1 fully saturated rings. The van der Waals surface area contributed by atoms with Gasteiger partial charge in [0.15, 0.2) is 11.5 Å². The number of hydrogen-bond acceptors (Lipinski definition) is 5. The molecule has 2 aromatic carbocycles. The van der Waals surface area contributed by atoms with Crippen LogP contribution in [0.4, 0.5) is 5.69 Å². The predicted octanol–water partition coefficient (Wildman–Crippen LogP) is 3.28. The smallest absolute Gasteiger partial charge is 0.256 e. The van der Waals surface area contributed by atoms with Gasteiger partial charge in [-0.1, -0.05) is 30.3 Å². The van der Waals surface area contributed by atoms with E-state index in [0.29, 0.717) is 29.4 Å². The molecule has 27 heavy (non-hydrogen) atoms. The second kappa shape index (κ2) is 7.48. The second-order valence-electron chi connectivity index (χ2n) is 6.83. The van der Waals surface area contributed by atoms with Gasteiger partial charge in [0, 0.05) is 19.7 Å². The highest BCUT2D eigenvalue weighted by Gasteiger charge is 2.39. The van der Waals surface area contributed by atoms with Crippen molar-refractivity contribution in [2.24, 2.45) is 0 Å². The first-order valence-corrected chi connectivity index (χ1v) is 9.20. The molecule has 2 atom stereocenters. The van der Waals surface area contributed by atoms with Crippen LogP contribution in [0.1, 0.15) is 28.8 Å². The van der Waals surface area contributed by atoms with E-state index in [1.165, 1.54) is 0 Å². The quantitative estimate of drug-likeness (QED) is 0.878. The monoisotopic (exact) mass is 368 g/mol. The molecule has 1 N–H and O–H groups in total. The summed E-state index contributed by atoms with van der Waals surface area (Å²) in [6.45, 7) is 1.17. The Bertz CT molecular complexity index is 824. The molecule has 2 heterocycles. The van der Waals surface area contributed by atoms with Crippen molar-refractivity contribution < 1.29 is 19.0 Å². The molecule has 0 radical (unpaired) electrons. The highest BCUT2D eigenvalue weighted by molar-refractivity contribution is 6.01. The number of anilines is 1. The van der Waals surface area contributed by atoms with E-state index in [1.807, 2.05) is 41.3 Å². The summed E-state index contributed by atoms with van der Waals surface area (Å²) in [5.74, 6) is 1.15. The zero-order valence-corrected chi connectivity index (χ0v) is 15.6. The third-order valence-corrected chi connectivity index (χ3v) is 5.23. The largest absolute Gasteiger partial charge is 0.493 e. The summed E-state index contributed by atoms with van der Waals surface area (Å²) < 4.78 is 17.1. The summed E-state index contributed by atoms with van der Waals surface area (Å²) in [5, 5.41) is 3.38. The van der Waals surface area contributed by atoms with Crippen molar-refractivity contribution in [3.63, 3.8) is 0 Å². The highest BCUT2D eigenvalue weighted by atomic mass is 16.5. The standard InChI is InChI=1S/C21H24N2O4/c1-25-18-11-15-16(12-19(18)27-13-14-7-4-3-5-8-14)22-20(26-2)17-9-6-10-23(17)21(15)24/h3-5,7-8,11-12,17,20,22H,6,9-10,13H2,1-2H3. The van der Waals surface area contributed by atoms with Crippen LogP contribution in [0.3, 0.4) is 0 Å². The minimum absolute atomic E-state index is 0.00691. The molecular formula is C21H24N2O4. The fourth-order valence-corrected chi connectivity index (χ4v) is 3.84. The van der Waals surface area contributed by atoms with Crippen LogP contribution in [0.15, 0.2) is 42.5 Å². The van der Waals surface area contributed by atoms with Crippen LogP contribution in [0.5, 0.6) is 11.5 Å². The first kappa shape index (κ1) is 17.7. The van der Waals surface area contributed by atoms with Crippen LogP contribution < -0.4 is 14.8 Å². The van der Waals surface area contributed by atoms with Crippen LogP contribution in [-0.4, -0.2) is 43.8 Å². The number of nitrogens with zero attached hydrogens (tertiary/aromatic N) is 1. The Morgan fingerprint density at radius 3 is 2.70 bits per heavy atom. The maximum atomic E-state index is 13.1. The van der Waals surface area contributed by atoms with Gasteiger partial charge in [-0.25, -0.2) is 0 Å². The van der Waals surface area contributed by atoms with Gasteiger partial charge in [-0.05, 0) is 24.5 Å². The molecule has 2 aliphatic rings. The van der Waals surface area contributed by atoms with E-state index in [0.717, 1.165) is 24.9 Å². The minimum atomic E-state index is -0.243. The van der Waals surface area contributed by atoms with Crippen LogP contribution in [0, 0.1) is 0 Å². The van der Waals surface area contributed by atoms with Crippen LogP contribution >= 0.6 is 0 Å². The number of rotatable bonds is 5. The predicted molar refractivity (Wildman–Crippen MR) is 102 cm³/mol. The van der Waals surface area contributed by atoms with Gasteiger partial charge in [-0.2, -0.15) is 0 Å². The van der Waals surface area contributed by atoms with Crippen molar-refractivity contribution in [3.8, 4) is 11.5 Å². The van der Waals surface area contributed by atoms with E-state index in [-0.39, 0.29) is 18.2 Å². The average molecular weight is 368 g/mol. The first-order chi connectivity index (χ1) is 13.2. The summed E-state index contributed by atoms with van der Waals surface area (Å²) in [7, 11) is 3.25. The Kier molecular flexibility index (Phi) is 4.90. The number of carbonyl (C=O) groups excluding carboxylic acids is 1. The lowest BCUT2D eigenvalue weighted by atomic mass is 10.1. The lowest BCUT2D eigenvalue weighted by molar-refractivity contribution is 0.0420. The van der Waals surface area contributed by atoms with Crippen LogP contribution in [0.2, 0.25) is 0 Å². The van der Waals surface area contributed by atoms with E-state index in [1.54, 1.807) is 20.3 Å². The summed E-state index contributed by atoms with van der Waals surface area (Å²) in [6.07, 6.45) is 1.68. The van der Waals surface area contributed by atoms with Crippen molar-refractivity contribution in [2.75, 3.05) is 26.1 Å². The number of methoxy groups -OCH3 is 2. The summed E-state index contributed by atoms with van der Waals surface area (Å²) in [4.78, 5) is 15.0. The summed E-state index contributed by atoms with van der Waals surface area (Å²) >= 11 is 0. The van der Waals surface area contributed by atoms with Gasteiger partial charge in [-0.3, -0.25) is 4.79 Å². The van der Waals surface area contributed by atoms with Crippen molar-refractivity contribution in [1.29, 1.82) is 0 Å². The van der Waals surface area contributed by atoms with Crippen molar-refractivity contribution in [3.05, 3.63) is 53.6 Å². The Labute approximate surface area is 159 Å². The van der Waals surface area contributed by atoms with Crippen molar-refractivity contribution >= 4 is 11.6 Å². The Balaban J connectivity index is 1.67. The van der Waals surface area contributed by atoms with Crippen LogP contribution in [0.25, 0.3) is 0 Å². The molecule has 1 amide bonds. The summed E-state index contributed by atoms with van der Waals surface area (Å²) in [5.41, 5.74) is 2.37. The molecule has 4 rings (SSSR count). The van der Waals surface area contributed by atoms with Crippen molar-refractivity contribution in [2.45, 2.75) is 31.7 Å². The lowest BCUT2D eigenvalue weighted by Crippen LogP contribution is -2.44. The van der Waals surface area contributed by atoms with E-state index in [4.69, 9.17) is 14.2 Å². The van der Waals surface area contributed by atoms with Gasteiger partial charge in [0.1, 0.15) is 12.8 Å². The normalized spacial score (nSPS) is 21.1. The molecule has 2 aromatic rings. The fraction of sp³-hybridized carbons (Fsp3) is 0.381. The second-order valence-corrected chi connectivity index (χ2v) is 6.83. The molecule has 6 nitrogen and oxygen atoms in total. The van der Waals surface area contributed by atoms with Crippen LogP contribution in [-0.2, 0) is 11.3 Å². The minimum Gasteiger partial charge on any atom is -0.493 e. The van der Waals surface area contributed by atoms with Crippen molar-refractivity contribution in [1.82, 2.24) is 4.90 Å². The highest BCUT2D eigenvalue weighted by Crippen LogP contribution is 2.38. The first-order valence-electron chi connectivity index (χ1n) is 9.20. The topological polar surface area (TPSA) is 60.0 Å². The van der Waals surface area contributed by atoms with Gasteiger partial charge in [0.25, 0.3) is 5.91 Å². The average Bonchev–Trinajstić information content (AvgIpc) is 3.16. The molecule has 6 heteroatoms. The van der Waals surface area contributed by atoms with Gasteiger partial charge in [0.2, 0.25) is 0 Å². The molecule has 0 spiro atoms. The van der Waals surface area contributed by atoms with Gasteiger partial charge in [0.05, 0.1) is 24.4 Å². The third-order valence-electron chi connectivity index (χ3n) is 5.23. The third kappa shape index (κ3) is 3.32. The Morgan fingerprint density at radius 2 is 1.96 bits per heavy atom. The molecule has 142 valence electrons. The maximum Gasteiger partial charge on any atom is 0.256 e. The number of hydrogen-bond donors (Lipinski definition) is 1. The van der Waals surface area contributed by atoms with E-state index in [9.17, 15) is 4.79 Å². The molecule has 0 saturated carbocycles. The fourth-order valence-electron chi connectivity index (χ4n) is 3.84. The molecule has 1 saturated heterocycles. The molecule has 2 unspecified atom stereocenters. The number of amides is 1. The van der Waals surface area contributed by atoms with Gasteiger partial charge < -0.3 is 24.4 Å². The molecular weight excluding hydrogens is 344 g/mol. The zero-order chi connectivity index (χ0) is 18.8. The summed E-state index contributed by atoms with van der Waals surface area (Å²) in [6, 6.07) is 13.6. The molecule has 0 aromatic heterocycles. The van der Waals surface area contributed by atoms with E-state index in [2.05, 4.69) is 5.32 Å². The van der Waals surface area contributed by atoms with Gasteiger partial charge >= 0.3 is 0 Å². The molecule has 0 bridgehead atoms. The number of benzene rings is 2. The lowest BCUT2D eigenvalue weighted by Gasteiger charge is -2.28. The van der Waals surface area contributed by atoms with Gasteiger partial charge in [-0.15, -0.1) is 0 Å². The number of fused-ring (bicyclic) bond motifs is 2. The number of ether oxygens (including phenoxy) is 3. The molecule has 0 aliphatic carbocycles. The maximum absolute atomic E-state index is 13.1. The number of carbonyl (C=O) groups is 1.